The zero-order valence-electron chi connectivity index (χ0n) is 12.7. The Balaban J connectivity index is 2.71. The minimum Gasteiger partial charge on any atom is -0.347 e. The SMILES string of the molecule is CC(C)C[C@H](NC(=O)[C@@H]1CCCN1C#N)C(=O)N(C)C. The number of nitrogens with one attached hydrogen (secondary N) is 1. The molecule has 2 amide bonds. The zero-order valence-corrected chi connectivity index (χ0v) is 12.7. The Morgan fingerprint density at radius 2 is 2.10 bits per heavy atom. The predicted octanol–water partition coefficient (Wildman–Crippen LogP) is 0.551. The van der Waals surface area contributed by atoms with Crippen LogP contribution in [0.25, 0.3) is 0 Å². The molecule has 20 heavy (non-hydrogen) atoms. The predicted molar refractivity (Wildman–Crippen MR) is 75.4 cm³/mol. The van der Waals surface area contributed by atoms with Crippen LogP contribution in [0.2, 0.25) is 0 Å². The van der Waals surface area contributed by atoms with Gasteiger partial charge in [-0.25, -0.2) is 0 Å². The fraction of sp³-hybridized carbons (Fsp3) is 0.786. The van der Waals surface area contributed by atoms with E-state index in [1.807, 2.05) is 20.0 Å². The minimum absolute atomic E-state index is 0.103. The Morgan fingerprint density at radius 3 is 2.60 bits per heavy atom. The lowest BCUT2D eigenvalue weighted by atomic mass is 10.0. The summed E-state index contributed by atoms with van der Waals surface area (Å²) in [5.74, 6) is -0.0155. The van der Waals surface area contributed by atoms with Gasteiger partial charge in [-0.3, -0.25) is 14.5 Å². The van der Waals surface area contributed by atoms with Crippen molar-refractivity contribution in [1.82, 2.24) is 15.1 Å². The first kappa shape index (κ1) is 16.3. The Morgan fingerprint density at radius 1 is 1.45 bits per heavy atom. The number of likely N-dealkylation sites (N-methyl/N-ethyl adjacent to an activating group) is 1. The van der Waals surface area contributed by atoms with Crippen molar-refractivity contribution >= 4 is 11.8 Å². The third-order valence-electron chi connectivity index (χ3n) is 3.45. The number of carbonyl (C=O) groups is 2. The van der Waals surface area contributed by atoms with Gasteiger partial charge in [0, 0.05) is 20.6 Å². The molecule has 2 atom stereocenters. The van der Waals surface area contributed by atoms with Crippen LogP contribution in [0.3, 0.4) is 0 Å². The van der Waals surface area contributed by atoms with Crippen LogP contribution in [-0.2, 0) is 9.59 Å². The molecule has 0 spiro atoms. The molecule has 0 aliphatic carbocycles. The Kier molecular flexibility index (Phi) is 5.81. The van der Waals surface area contributed by atoms with E-state index in [0.29, 0.717) is 25.3 Å². The van der Waals surface area contributed by atoms with E-state index in [2.05, 4.69) is 5.32 Å². The van der Waals surface area contributed by atoms with Crippen molar-refractivity contribution in [3.05, 3.63) is 0 Å². The van der Waals surface area contributed by atoms with Gasteiger partial charge >= 0.3 is 0 Å². The number of nitrogens with zero attached hydrogens (tertiary/aromatic N) is 3. The second-order valence-corrected chi connectivity index (χ2v) is 5.87. The number of nitriles is 1. The molecule has 1 fully saturated rings. The molecule has 1 aliphatic rings. The van der Waals surface area contributed by atoms with Crippen LogP contribution in [0.4, 0.5) is 0 Å². The first-order chi connectivity index (χ1) is 9.36. The summed E-state index contributed by atoms with van der Waals surface area (Å²) in [5.41, 5.74) is 0. The summed E-state index contributed by atoms with van der Waals surface area (Å²) >= 11 is 0. The first-order valence-corrected chi connectivity index (χ1v) is 7.04. The average Bonchev–Trinajstić information content (AvgIpc) is 2.84. The molecular weight excluding hydrogens is 256 g/mol. The van der Waals surface area contributed by atoms with E-state index in [0.717, 1.165) is 6.42 Å². The maximum Gasteiger partial charge on any atom is 0.244 e. The van der Waals surface area contributed by atoms with E-state index in [9.17, 15) is 9.59 Å². The highest BCUT2D eigenvalue weighted by molar-refractivity contribution is 5.89. The molecule has 0 saturated carbocycles. The van der Waals surface area contributed by atoms with Crippen LogP contribution in [0.5, 0.6) is 0 Å². The van der Waals surface area contributed by atoms with Gasteiger partial charge in [0.1, 0.15) is 12.1 Å². The van der Waals surface area contributed by atoms with E-state index in [1.165, 1.54) is 9.80 Å². The number of hydrogen-bond acceptors (Lipinski definition) is 4. The normalized spacial score (nSPS) is 19.6. The topological polar surface area (TPSA) is 76.4 Å². The standard InChI is InChI=1S/C14H24N4O2/c1-10(2)8-11(14(20)17(3)4)16-13(19)12-6-5-7-18(12)9-15/h10-12H,5-8H2,1-4H3,(H,16,19)/t11-,12-/m0/s1. The Hall–Kier alpha value is -1.77. The van der Waals surface area contributed by atoms with E-state index in [1.54, 1.807) is 14.1 Å². The van der Waals surface area contributed by atoms with Gasteiger partial charge in [-0.05, 0) is 25.2 Å². The quantitative estimate of drug-likeness (QED) is 0.746. The molecule has 112 valence electrons. The highest BCUT2D eigenvalue weighted by Gasteiger charge is 2.33. The largest absolute Gasteiger partial charge is 0.347 e. The summed E-state index contributed by atoms with van der Waals surface area (Å²) < 4.78 is 0. The maximum atomic E-state index is 12.3. The molecule has 1 aliphatic heterocycles. The average molecular weight is 280 g/mol. The van der Waals surface area contributed by atoms with Crippen molar-refractivity contribution < 1.29 is 9.59 Å². The van der Waals surface area contributed by atoms with E-state index < -0.39 is 12.1 Å². The molecule has 0 aromatic carbocycles. The molecule has 1 saturated heterocycles. The fourth-order valence-corrected chi connectivity index (χ4v) is 2.43. The van der Waals surface area contributed by atoms with Gasteiger partial charge in [0.2, 0.25) is 11.8 Å². The lowest BCUT2D eigenvalue weighted by Crippen LogP contribution is -2.51. The third-order valence-corrected chi connectivity index (χ3v) is 3.45. The molecule has 0 aromatic heterocycles. The number of carbonyl (C=O) groups excluding carboxylic acids is 2. The number of amides is 2. The van der Waals surface area contributed by atoms with Gasteiger partial charge in [-0.15, -0.1) is 0 Å². The highest BCUT2D eigenvalue weighted by atomic mass is 16.2. The number of hydrogen-bond donors (Lipinski definition) is 1. The van der Waals surface area contributed by atoms with Crippen LogP contribution in [-0.4, -0.2) is 54.3 Å². The van der Waals surface area contributed by atoms with E-state index in [-0.39, 0.29) is 11.8 Å². The molecule has 0 unspecified atom stereocenters. The molecule has 1 heterocycles. The summed E-state index contributed by atoms with van der Waals surface area (Å²) in [4.78, 5) is 27.3. The maximum absolute atomic E-state index is 12.3. The zero-order chi connectivity index (χ0) is 15.3. The third kappa shape index (κ3) is 4.12. The van der Waals surface area contributed by atoms with Crippen molar-refractivity contribution in [2.45, 2.75) is 45.2 Å². The molecular formula is C14H24N4O2. The van der Waals surface area contributed by atoms with Crippen molar-refractivity contribution in [2.75, 3.05) is 20.6 Å². The summed E-state index contributed by atoms with van der Waals surface area (Å²) in [6.07, 6.45) is 4.14. The molecule has 6 heteroatoms. The van der Waals surface area contributed by atoms with Crippen LogP contribution in [0, 0.1) is 17.4 Å². The molecule has 0 bridgehead atoms. The summed E-state index contributed by atoms with van der Waals surface area (Å²) in [7, 11) is 3.36. The van der Waals surface area contributed by atoms with Gasteiger partial charge in [0.05, 0.1) is 0 Å². The van der Waals surface area contributed by atoms with Gasteiger partial charge in [0.15, 0.2) is 6.19 Å². The van der Waals surface area contributed by atoms with Crippen molar-refractivity contribution in [3.8, 4) is 6.19 Å². The van der Waals surface area contributed by atoms with Crippen molar-refractivity contribution in [3.63, 3.8) is 0 Å². The summed E-state index contributed by atoms with van der Waals surface area (Å²) in [5, 5.41) is 11.8. The second kappa shape index (κ2) is 7.13. The Bertz CT molecular complexity index is 400. The smallest absolute Gasteiger partial charge is 0.244 e. The second-order valence-electron chi connectivity index (χ2n) is 5.87. The molecule has 1 rings (SSSR count). The Labute approximate surface area is 120 Å². The van der Waals surface area contributed by atoms with E-state index in [4.69, 9.17) is 5.26 Å². The summed E-state index contributed by atoms with van der Waals surface area (Å²) in [6, 6.07) is -0.941. The monoisotopic (exact) mass is 280 g/mol. The summed E-state index contributed by atoms with van der Waals surface area (Å²) in [6.45, 7) is 4.64. The van der Waals surface area contributed by atoms with Crippen LogP contribution in [0.15, 0.2) is 0 Å². The van der Waals surface area contributed by atoms with Gasteiger partial charge in [-0.1, -0.05) is 13.8 Å². The molecule has 0 radical (unpaired) electrons. The fourth-order valence-electron chi connectivity index (χ4n) is 2.43. The lowest BCUT2D eigenvalue weighted by Gasteiger charge is -2.26. The lowest BCUT2D eigenvalue weighted by molar-refractivity contribution is -0.135. The first-order valence-electron chi connectivity index (χ1n) is 7.04. The van der Waals surface area contributed by atoms with Gasteiger partial charge in [0.25, 0.3) is 0 Å². The number of likely N-dealkylation sites (tertiary alicyclic amines) is 1. The van der Waals surface area contributed by atoms with Crippen LogP contribution < -0.4 is 5.32 Å². The van der Waals surface area contributed by atoms with Crippen molar-refractivity contribution in [2.24, 2.45) is 5.92 Å². The number of rotatable bonds is 5. The highest BCUT2D eigenvalue weighted by Crippen LogP contribution is 2.17. The molecule has 6 nitrogen and oxygen atoms in total. The van der Waals surface area contributed by atoms with Gasteiger partial charge < -0.3 is 10.2 Å². The molecule has 0 aromatic rings. The van der Waals surface area contributed by atoms with E-state index >= 15 is 0 Å². The van der Waals surface area contributed by atoms with Crippen molar-refractivity contribution in [1.29, 1.82) is 5.26 Å². The molecule has 1 N–H and O–H groups in total. The van der Waals surface area contributed by atoms with Crippen LogP contribution in [0.1, 0.15) is 33.1 Å². The van der Waals surface area contributed by atoms with Gasteiger partial charge in [-0.2, -0.15) is 5.26 Å². The minimum atomic E-state index is -0.515. The van der Waals surface area contributed by atoms with Crippen LogP contribution >= 0.6 is 0 Å².